The molecule has 1 heterocycles. The van der Waals surface area contributed by atoms with E-state index in [0.717, 1.165) is 16.9 Å². The molecule has 0 bridgehead atoms. The van der Waals surface area contributed by atoms with Gasteiger partial charge in [0.1, 0.15) is 11.6 Å². The largest absolute Gasteiger partial charge is 0.340 e. The minimum atomic E-state index is -0.319. The van der Waals surface area contributed by atoms with Gasteiger partial charge in [0.2, 0.25) is 5.95 Å². The number of nitrogens with zero attached hydrogens (tertiary/aromatic N) is 2. The van der Waals surface area contributed by atoms with Crippen molar-refractivity contribution >= 4 is 34.7 Å². The fraction of sp³-hybridized carbons (Fsp3) is 0.111. The first-order valence-electron chi connectivity index (χ1n) is 7.41. The Bertz CT molecular complexity index is 883. The number of anilines is 4. The normalized spacial score (nSPS) is 10.5. The maximum atomic E-state index is 13.3. The predicted octanol–water partition coefficient (Wildman–Crippen LogP) is 5.37. The third kappa shape index (κ3) is 4.00. The van der Waals surface area contributed by atoms with Crippen molar-refractivity contribution in [2.45, 2.75) is 13.8 Å². The fourth-order valence-electron chi connectivity index (χ4n) is 2.20. The second-order valence-corrected chi connectivity index (χ2v) is 5.85. The summed E-state index contributed by atoms with van der Waals surface area (Å²) < 4.78 is 13.3. The van der Waals surface area contributed by atoms with Crippen LogP contribution in [0.1, 0.15) is 11.3 Å². The van der Waals surface area contributed by atoms with Gasteiger partial charge in [-0.2, -0.15) is 4.98 Å². The first-order chi connectivity index (χ1) is 11.5. The van der Waals surface area contributed by atoms with E-state index in [9.17, 15) is 4.39 Å². The Balaban J connectivity index is 1.84. The second-order valence-electron chi connectivity index (χ2n) is 5.44. The lowest BCUT2D eigenvalue weighted by Crippen LogP contribution is -2.02. The number of hydrogen-bond donors (Lipinski definition) is 2. The molecule has 0 aliphatic heterocycles. The molecule has 3 aromatic rings. The molecule has 0 saturated heterocycles. The van der Waals surface area contributed by atoms with Crippen molar-refractivity contribution < 1.29 is 4.39 Å². The van der Waals surface area contributed by atoms with E-state index in [1.807, 2.05) is 38.1 Å². The summed E-state index contributed by atoms with van der Waals surface area (Å²) in [6.07, 6.45) is 0. The van der Waals surface area contributed by atoms with E-state index in [-0.39, 0.29) is 5.82 Å². The van der Waals surface area contributed by atoms with Crippen molar-refractivity contribution in [1.29, 1.82) is 0 Å². The molecule has 24 heavy (non-hydrogen) atoms. The minimum absolute atomic E-state index is 0.319. The lowest BCUT2D eigenvalue weighted by atomic mass is 10.2. The van der Waals surface area contributed by atoms with Gasteiger partial charge in [-0.25, -0.2) is 9.37 Å². The van der Waals surface area contributed by atoms with Crippen molar-refractivity contribution in [1.82, 2.24) is 9.97 Å². The molecule has 1 aromatic heterocycles. The van der Waals surface area contributed by atoms with Crippen LogP contribution in [0.15, 0.2) is 48.5 Å². The zero-order chi connectivity index (χ0) is 17.1. The average Bonchev–Trinajstić information content (AvgIpc) is 2.50. The van der Waals surface area contributed by atoms with Crippen LogP contribution < -0.4 is 10.6 Å². The van der Waals surface area contributed by atoms with Crippen LogP contribution in [0.2, 0.25) is 5.02 Å². The third-order valence-corrected chi connectivity index (χ3v) is 3.79. The molecule has 0 unspecified atom stereocenters. The van der Waals surface area contributed by atoms with Gasteiger partial charge in [0, 0.05) is 28.2 Å². The van der Waals surface area contributed by atoms with Crippen molar-refractivity contribution in [3.05, 3.63) is 70.6 Å². The van der Waals surface area contributed by atoms with Crippen molar-refractivity contribution in [3.63, 3.8) is 0 Å². The Morgan fingerprint density at radius 3 is 2.46 bits per heavy atom. The van der Waals surface area contributed by atoms with Crippen LogP contribution in [0.25, 0.3) is 0 Å². The highest BCUT2D eigenvalue weighted by Gasteiger charge is 2.05. The van der Waals surface area contributed by atoms with Gasteiger partial charge in [-0.05, 0) is 49.7 Å². The number of hydrogen-bond acceptors (Lipinski definition) is 4. The van der Waals surface area contributed by atoms with Gasteiger partial charge in [0.15, 0.2) is 0 Å². The molecule has 122 valence electrons. The average molecular weight is 343 g/mol. The van der Waals surface area contributed by atoms with Gasteiger partial charge in [-0.15, -0.1) is 0 Å². The van der Waals surface area contributed by atoms with Gasteiger partial charge in [-0.1, -0.05) is 23.7 Å². The van der Waals surface area contributed by atoms with Crippen LogP contribution in [0.5, 0.6) is 0 Å². The molecule has 2 N–H and O–H groups in total. The Labute approximate surface area is 144 Å². The van der Waals surface area contributed by atoms with E-state index < -0.39 is 0 Å². The number of rotatable bonds is 4. The molecule has 2 aromatic carbocycles. The highest BCUT2D eigenvalue weighted by atomic mass is 35.5. The zero-order valence-electron chi connectivity index (χ0n) is 13.3. The quantitative estimate of drug-likeness (QED) is 0.669. The van der Waals surface area contributed by atoms with Crippen molar-refractivity contribution in [2.75, 3.05) is 10.6 Å². The summed E-state index contributed by atoms with van der Waals surface area (Å²) in [5.41, 5.74) is 3.21. The van der Waals surface area contributed by atoms with Crippen LogP contribution in [0.4, 0.5) is 27.5 Å². The van der Waals surface area contributed by atoms with E-state index in [2.05, 4.69) is 20.6 Å². The number of aromatic nitrogens is 2. The second kappa shape index (κ2) is 6.84. The summed E-state index contributed by atoms with van der Waals surface area (Å²) in [7, 11) is 0. The van der Waals surface area contributed by atoms with Crippen LogP contribution >= 0.6 is 11.6 Å². The SMILES string of the molecule is Cc1cc(Nc2ccc(C)c(Cl)c2)nc(Nc2cccc(F)c2)n1. The Hall–Kier alpha value is -2.66. The van der Waals surface area contributed by atoms with Crippen LogP contribution in [0, 0.1) is 19.7 Å². The van der Waals surface area contributed by atoms with Crippen LogP contribution in [-0.2, 0) is 0 Å². The topological polar surface area (TPSA) is 49.8 Å². The van der Waals surface area contributed by atoms with Gasteiger partial charge in [-0.3, -0.25) is 0 Å². The fourth-order valence-corrected chi connectivity index (χ4v) is 2.38. The summed E-state index contributed by atoms with van der Waals surface area (Å²) in [6, 6.07) is 13.7. The molecule has 6 heteroatoms. The molecule has 0 aliphatic carbocycles. The smallest absolute Gasteiger partial charge is 0.229 e. The molecule has 3 rings (SSSR count). The van der Waals surface area contributed by atoms with Crippen LogP contribution in [-0.4, -0.2) is 9.97 Å². The standard InChI is InChI=1S/C18H16ClFN4/c1-11-6-7-15(10-16(11)19)22-17-8-12(2)21-18(24-17)23-14-5-3-4-13(20)9-14/h3-10H,1-2H3,(H2,21,22,23,24). The Morgan fingerprint density at radius 1 is 0.917 bits per heavy atom. The molecule has 4 nitrogen and oxygen atoms in total. The molecule has 0 amide bonds. The zero-order valence-corrected chi connectivity index (χ0v) is 14.0. The summed E-state index contributed by atoms with van der Waals surface area (Å²) >= 11 is 6.14. The molecule has 0 atom stereocenters. The number of aryl methyl sites for hydroxylation is 2. The third-order valence-electron chi connectivity index (χ3n) is 3.38. The van der Waals surface area contributed by atoms with Crippen molar-refractivity contribution in [3.8, 4) is 0 Å². The molecule has 0 fully saturated rings. The lowest BCUT2D eigenvalue weighted by Gasteiger charge is -2.11. The summed E-state index contributed by atoms with van der Waals surface area (Å²) in [6.45, 7) is 3.81. The molecule has 0 radical (unpaired) electrons. The van der Waals surface area contributed by atoms with Crippen molar-refractivity contribution in [2.24, 2.45) is 0 Å². The first-order valence-corrected chi connectivity index (χ1v) is 7.79. The van der Waals surface area contributed by atoms with E-state index >= 15 is 0 Å². The lowest BCUT2D eigenvalue weighted by molar-refractivity contribution is 0.628. The molecule has 0 spiro atoms. The Kier molecular flexibility index (Phi) is 4.62. The number of benzene rings is 2. The molecule has 0 saturated carbocycles. The highest BCUT2D eigenvalue weighted by molar-refractivity contribution is 6.31. The highest BCUT2D eigenvalue weighted by Crippen LogP contribution is 2.23. The molecular formula is C18H16ClFN4. The minimum Gasteiger partial charge on any atom is -0.340 e. The van der Waals surface area contributed by atoms with Gasteiger partial charge in [0.05, 0.1) is 0 Å². The molecule has 0 aliphatic rings. The number of nitrogens with one attached hydrogen (secondary N) is 2. The van der Waals surface area contributed by atoms with Gasteiger partial charge < -0.3 is 10.6 Å². The summed E-state index contributed by atoms with van der Waals surface area (Å²) in [5, 5.41) is 6.89. The van der Waals surface area contributed by atoms with Gasteiger partial charge >= 0.3 is 0 Å². The molecular weight excluding hydrogens is 327 g/mol. The van der Waals surface area contributed by atoms with E-state index in [0.29, 0.717) is 22.5 Å². The van der Waals surface area contributed by atoms with E-state index in [1.165, 1.54) is 12.1 Å². The monoisotopic (exact) mass is 342 g/mol. The van der Waals surface area contributed by atoms with Crippen LogP contribution in [0.3, 0.4) is 0 Å². The number of halogens is 2. The van der Waals surface area contributed by atoms with E-state index in [1.54, 1.807) is 12.1 Å². The Morgan fingerprint density at radius 2 is 1.71 bits per heavy atom. The predicted molar refractivity (Wildman–Crippen MR) is 95.9 cm³/mol. The van der Waals surface area contributed by atoms with E-state index in [4.69, 9.17) is 11.6 Å². The summed E-state index contributed by atoms with van der Waals surface area (Å²) in [5.74, 6) is 0.697. The first kappa shape index (κ1) is 16.2. The maximum Gasteiger partial charge on any atom is 0.229 e. The summed E-state index contributed by atoms with van der Waals surface area (Å²) in [4.78, 5) is 8.73. The maximum absolute atomic E-state index is 13.3. The van der Waals surface area contributed by atoms with Gasteiger partial charge in [0.25, 0.3) is 0 Å².